The molecule has 3 amide bonds. The lowest BCUT2D eigenvalue weighted by atomic mass is 9.96. The Morgan fingerprint density at radius 1 is 1.14 bits per heavy atom. The van der Waals surface area contributed by atoms with E-state index in [1.54, 1.807) is 17.0 Å². The van der Waals surface area contributed by atoms with E-state index >= 15 is 0 Å². The number of halogens is 1. The predicted octanol–water partition coefficient (Wildman–Crippen LogP) is 3.78. The summed E-state index contributed by atoms with van der Waals surface area (Å²) in [5.74, 6) is 0.478. The number of carbonyl (C=O) groups excluding carboxylic acids is 2. The summed E-state index contributed by atoms with van der Waals surface area (Å²) in [6, 6.07) is 8.84. The Morgan fingerprint density at radius 2 is 1.83 bits per heavy atom. The van der Waals surface area contributed by atoms with Crippen LogP contribution < -0.4 is 15.4 Å². The van der Waals surface area contributed by atoms with Gasteiger partial charge in [-0.15, -0.1) is 0 Å². The highest BCUT2D eigenvalue weighted by Gasteiger charge is 2.27. The Morgan fingerprint density at radius 3 is 2.41 bits per heavy atom. The summed E-state index contributed by atoms with van der Waals surface area (Å²) in [5.41, 5.74) is 0.543. The lowest BCUT2D eigenvalue weighted by Crippen LogP contribution is -2.45. The maximum Gasteiger partial charge on any atom is 0.321 e. The molecule has 3 rings (SSSR count). The van der Waals surface area contributed by atoms with E-state index in [9.17, 15) is 14.0 Å². The number of aromatic nitrogens is 1. The molecule has 1 saturated heterocycles. The number of nitrogens with one attached hydrogen (secondary N) is 2. The Kier molecular flexibility index (Phi) is 6.64. The quantitative estimate of drug-likeness (QED) is 0.800. The van der Waals surface area contributed by atoms with Gasteiger partial charge in [-0.3, -0.25) is 4.79 Å². The highest BCUT2D eigenvalue weighted by Crippen LogP contribution is 2.22. The zero-order valence-corrected chi connectivity index (χ0v) is 16.5. The second kappa shape index (κ2) is 9.36. The molecule has 8 heteroatoms. The van der Waals surface area contributed by atoms with Crippen LogP contribution in [0.5, 0.6) is 11.6 Å². The molecule has 7 nitrogen and oxygen atoms in total. The molecule has 0 unspecified atom stereocenters. The highest BCUT2D eigenvalue weighted by molar-refractivity contribution is 5.89. The maximum atomic E-state index is 12.9. The van der Waals surface area contributed by atoms with E-state index in [1.807, 2.05) is 13.8 Å². The van der Waals surface area contributed by atoms with Crippen molar-refractivity contribution in [1.29, 1.82) is 0 Å². The number of carbonyl (C=O) groups is 2. The van der Waals surface area contributed by atoms with Gasteiger partial charge in [-0.05, 0) is 57.0 Å². The number of hydrogen-bond donors (Lipinski definition) is 2. The van der Waals surface area contributed by atoms with E-state index in [-0.39, 0.29) is 29.7 Å². The molecule has 0 radical (unpaired) electrons. The zero-order chi connectivity index (χ0) is 20.8. The number of pyridine rings is 1. The summed E-state index contributed by atoms with van der Waals surface area (Å²) in [5, 5.41) is 5.73. The molecule has 0 aliphatic carbocycles. The molecule has 154 valence electrons. The fraction of sp³-hybridized carbons (Fsp3) is 0.381. The first kappa shape index (κ1) is 20.6. The van der Waals surface area contributed by atoms with E-state index in [0.717, 1.165) is 0 Å². The van der Waals surface area contributed by atoms with Crippen molar-refractivity contribution in [3.8, 4) is 11.6 Å². The number of nitrogens with zero attached hydrogens (tertiary/aromatic N) is 2. The molecule has 1 aliphatic rings. The van der Waals surface area contributed by atoms with Crippen molar-refractivity contribution in [2.24, 2.45) is 5.92 Å². The molecule has 0 bridgehead atoms. The Labute approximate surface area is 169 Å². The molecule has 1 aromatic carbocycles. The summed E-state index contributed by atoms with van der Waals surface area (Å²) in [6.45, 7) is 4.93. The minimum atomic E-state index is -0.340. The number of likely N-dealkylation sites (tertiary alicyclic amines) is 1. The van der Waals surface area contributed by atoms with Gasteiger partial charge in [0.1, 0.15) is 11.6 Å². The lowest BCUT2D eigenvalue weighted by molar-refractivity contribution is -0.126. The number of anilines is 1. The average molecular weight is 400 g/mol. The largest absolute Gasteiger partial charge is 0.439 e. The summed E-state index contributed by atoms with van der Waals surface area (Å²) in [7, 11) is 0. The van der Waals surface area contributed by atoms with Crippen LogP contribution in [0.4, 0.5) is 14.9 Å². The van der Waals surface area contributed by atoms with Gasteiger partial charge in [0.25, 0.3) is 0 Å². The standard InChI is InChI=1S/C21H25FN4O3/c1-14(2)24-20(27)15-9-11-26(12-10-15)21(28)25-17-5-8-19(23-13-17)29-18-6-3-16(22)4-7-18/h3-8,13-15H,9-12H2,1-2H3,(H,24,27)(H,25,28). The Balaban J connectivity index is 1.48. The maximum absolute atomic E-state index is 12.9. The first-order chi connectivity index (χ1) is 13.9. The third-order valence-corrected chi connectivity index (χ3v) is 4.61. The highest BCUT2D eigenvalue weighted by atomic mass is 19.1. The van der Waals surface area contributed by atoms with Gasteiger partial charge < -0.3 is 20.3 Å². The zero-order valence-electron chi connectivity index (χ0n) is 16.5. The number of urea groups is 1. The molecular weight excluding hydrogens is 375 g/mol. The normalized spacial score (nSPS) is 14.6. The second-order valence-electron chi connectivity index (χ2n) is 7.30. The lowest BCUT2D eigenvalue weighted by Gasteiger charge is -2.31. The molecule has 1 aliphatic heterocycles. The van der Waals surface area contributed by atoms with Gasteiger partial charge in [-0.2, -0.15) is 0 Å². The summed E-state index contributed by atoms with van der Waals surface area (Å²) >= 11 is 0. The molecule has 2 N–H and O–H groups in total. The third-order valence-electron chi connectivity index (χ3n) is 4.61. The van der Waals surface area contributed by atoms with Crippen molar-refractivity contribution in [2.45, 2.75) is 32.7 Å². The molecule has 0 saturated carbocycles. The van der Waals surface area contributed by atoms with Gasteiger partial charge in [0.15, 0.2) is 0 Å². The van der Waals surface area contributed by atoms with E-state index in [2.05, 4.69) is 15.6 Å². The van der Waals surface area contributed by atoms with Crippen LogP contribution in [0.3, 0.4) is 0 Å². The minimum absolute atomic E-state index is 0.0500. The van der Waals surface area contributed by atoms with Crippen molar-refractivity contribution in [3.63, 3.8) is 0 Å². The topological polar surface area (TPSA) is 83.6 Å². The molecule has 0 atom stereocenters. The van der Waals surface area contributed by atoms with Crippen LogP contribution in [-0.2, 0) is 4.79 Å². The SMILES string of the molecule is CC(C)NC(=O)C1CCN(C(=O)Nc2ccc(Oc3ccc(F)cc3)nc2)CC1. The summed E-state index contributed by atoms with van der Waals surface area (Å²) < 4.78 is 18.5. The molecule has 2 aromatic rings. The van der Waals surface area contributed by atoms with Crippen LogP contribution in [0, 0.1) is 11.7 Å². The van der Waals surface area contributed by atoms with Crippen LogP contribution >= 0.6 is 0 Å². The minimum Gasteiger partial charge on any atom is -0.439 e. The van der Waals surface area contributed by atoms with E-state index in [1.165, 1.54) is 30.5 Å². The van der Waals surface area contributed by atoms with E-state index in [4.69, 9.17) is 4.74 Å². The van der Waals surface area contributed by atoms with Crippen molar-refractivity contribution in [2.75, 3.05) is 18.4 Å². The average Bonchev–Trinajstić information content (AvgIpc) is 2.71. The molecule has 1 aromatic heterocycles. The monoisotopic (exact) mass is 400 g/mol. The number of ether oxygens (including phenoxy) is 1. The smallest absolute Gasteiger partial charge is 0.321 e. The van der Waals surface area contributed by atoms with Crippen molar-refractivity contribution < 1.29 is 18.7 Å². The summed E-state index contributed by atoms with van der Waals surface area (Å²) in [4.78, 5) is 30.4. The van der Waals surface area contributed by atoms with Gasteiger partial charge in [0, 0.05) is 31.1 Å². The fourth-order valence-corrected chi connectivity index (χ4v) is 3.09. The Hall–Kier alpha value is -3.16. The number of benzene rings is 1. The van der Waals surface area contributed by atoms with Crippen molar-refractivity contribution in [3.05, 3.63) is 48.4 Å². The molecule has 1 fully saturated rings. The van der Waals surface area contributed by atoms with E-state index < -0.39 is 0 Å². The van der Waals surface area contributed by atoms with Crippen LogP contribution in [-0.4, -0.2) is 41.0 Å². The van der Waals surface area contributed by atoms with E-state index in [0.29, 0.717) is 43.2 Å². The number of hydrogen-bond acceptors (Lipinski definition) is 4. The van der Waals surface area contributed by atoms with Gasteiger partial charge in [-0.25, -0.2) is 14.2 Å². The van der Waals surface area contributed by atoms with Crippen molar-refractivity contribution >= 4 is 17.6 Å². The van der Waals surface area contributed by atoms with Crippen LogP contribution in [0.2, 0.25) is 0 Å². The summed E-state index contributed by atoms with van der Waals surface area (Å²) in [6.07, 6.45) is 2.79. The van der Waals surface area contributed by atoms with Gasteiger partial charge >= 0.3 is 6.03 Å². The number of piperidine rings is 1. The second-order valence-corrected chi connectivity index (χ2v) is 7.30. The first-order valence-electron chi connectivity index (χ1n) is 9.66. The first-order valence-corrected chi connectivity index (χ1v) is 9.66. The fourth-order valence-electron chi connectivity index (χ4n) is 3.09. The molecule has 0 spiro atoms. The predicted molar refractivity (Wildman–Crippen MR) is 107 cm³/mol. The van der Waals surface area contributed by atoms with Gasteiger partial charge in [0.05, 0.1) is 11.9 Å². The van der Waals surface area contributed by atoms with Crippen LogP contribution in [0.15, 0.2) is 42.6 Å². The molecular formula is C21H25FN4O3. The third kappa shape index (κ3) is 5.91. The molecule has 29 heavy (non-hydrogen) atoms. The Bertz CT molecular complexity index is 832. The number of rotatable bonds is 5. The van der Waals surface area contributed by atoms with Crippen LogP contribution in [0.1, 0.15) is 26.7 Å². The molecule has 2 heterocycles. The van der Waals surface area contributed by atoms with Crippen LogP contribution in [0.25, 0.3) is 0 Å². The van der Waals surface area contributed by atoms with Gasteiger partial charge in [0.2, 0.25) is 11.8 Å². The van der Waals surface area contributed by atoms with Gasteiger partial charge in [-0.1, -0.05) is 0 Å². The number of amides is 3. The van der Waals surface area contributed by atoms with Crippen molar-refractivity contribution in [1.82, 2.24) is 15.2 Å².